The average Bonchev–Trinajstić information content (AvgIpc) is 2.51. The summed E-state index contributed by atoms with van der Waals surface area (Å²) in [4.78, 5) is 11.0. The molecule has 0 aromatic heterocycles. The molecular weight excluding hydrogens is 395 g/mol. The van der Waals surface area contributed by atoms with Gasteiger partial charge in [0.2, 0.25) is 15.9 Å². The lowest BCUT2D eigenvalue weighted by Gasteiger charge is -2.18. The van der Waals surface area contributed by atoms with Crippen LogP contribution in [0.25, 0.3) is 0 Å². The largest absolute Gasteiger partial charge is 0.417 e. The Bertz CT molecular complexity index is 699. The van der Waals surface area contributed by atoms with Crippen molar-refractivity contribution >= 4 is 28.3 Å². The molecule has 0 fully saturated rings. The second kappa shape index (κ2) is 10.1. The van der Waals surface area contributed by atoms with Gasteiger partial charge in [0.15, 0.2) is 0 Å². The van der Waals surface area contributed by atoms with Gasteiger partial charge in [-0.15, -0.1) is 12.4 Å². The Kier molecular flexibility index (Phi) is 9.57. The van der Waals surface area contributed by atoms with E-state index in [-0.39, 0.29) is 25.0 Å². The second-order valence-corrected chi connectivity index (χ2v) is 7.22. The molecule has 26 heavy (non-hydrogen) atoms. The van der Waals surface area contributed by atoms with Gasteiger partial charge in [0, 0.05) is 12.6 Å². The van der Waals surface area contributed by atoms with Crippen LogP contribution in [0.5, 0.6) is 0 Å². The number of sulfonamides is 1. The molecule has 0 spiro atoms. The first-order valence-corrected chi connectivity index (χ1v) is 9.17. The number of alkyl halides is 3. The molecule has 0 radical (unpaired) electrons. The van der Waals surface area contributed by atoms with Gasteiger partial charge in [0.25, 0.3) is 0 Å². The first-order valence-electron chi connectivity index (χ1n) is 7.68. The molecule has 1 aromatic rings. The Morgan fingerprint density at radius 2 is 1.77 bits per heavy atom. The molecule has 0 saturated heterocycles. The second-order valence-electron chi connectivity index (χ2n) is 5.54. The van der Waals surface area contributed by atoms with Crippen molar-refractivity contribution in [1.29, 1.82) is 0 Å². The van der Waals surface area contributed by atoms with Crippen molar-refractivity contribution in [2.45, 2.75) is 43.9 Å². The summed E-state index contributed by atoms with van der Waals surface area (Å²) < 4.78 is 65.4. The predicted molar refractivity (Wildman–Crippen MR) is 94.6 cm³/mol. The SMILES string of the molecule is CCN[C@H](C)CNC(=O)C(C)NS(=O)(=O)c1ccccc1C(F)(F)F.Cl. The number of carbonyl (C=O) groups excluding carboxylic acids is 1. The number of halogens is 4. The number of benzene rings is 1. The molecule has 0 heterocycles. The van der Waals surface area contributed by atoms with Crippen molar-refractivity contribution in [3.63, 3.8) is 0 Å². The zero-order chi connectivity index (χ0) is 19.3. The Labute approximate surface area is 157 Å². The number of amides is 1. The van der Waals surface area contributed by atoms with Gasteiger partial charge in [0.05, 0.1) is 16.5 Å². The van der Waals surface area contributed by atoms with Crippen LogP contribution in [0, 0.1) is 0 Å². The van der Waals surface area contributed by atoms with Crippen molar-refractivity contribution in [2.24, 2.45) is 0 Å². The van der Waals surface area contributed by atoms with E-state index in [9.17, 15) is 26.4 Å². The van der Waals surface area contributed by atoms with E-state index in [1.807, 2.05) is 18.6 Å². The molecule has 1 amide bonds. The number of rotatable bonds is 8. The van der Waals surface area contributed by atoms with E-state index in [2.05, 4.69) is 10.6 Å². The minimum absolute atomic E-state index is 0. The molecule has 1 aromatic carbocycles. The summed E-state index contributed by atoms with van der Waals surface area (Å²) in [5.41, 5.74) is -1.28. The van der Waals surface area contributed by atoms with Crippen LogP contribution >= 0.6 is 12.4 Å². The van der Waals surface area contributed by atoms with Crippen molar-refractivity contribution in [3.8, 4) is 0 Å². The molecule has 1 rings (SSSR count). The summed E-state index contributed by atoms with van der Waals surface area (Å²) in [5.74, 6) is -0.627. The minimum Gasteiger partial charge on any atom is -0.353 e. The average molecular weight is 418 g/mol. The molecule has 0 saturated carbocycles. The summed E-state index contributed by atoms with van der Waals surface area (Å²) in [5, 5.41) is 5.59. The quantitative estimate of drug-likeness (QED) is 0.603. The van der Waals surface area contributed by atoms with Gasteiger partial charge in [-0.25, -0.2) is 8.42 Å². The van der Waals surface area contributed by atoms with Gasteiger partial charge in [-0.2, -0.15) is 17.9 Å². The highest BCUT2D eigenvalue weighted by atomic mass is 35.5. The van der Waals surface area contributed by atoms with Gasteiger partial charge in [-0.1, -0.05) is 19.1 Å². The Balaban J connectivity index is 0.00000625. The van der Waals surface area contributed by atoms with Crippen LogP contribution < -0.4 is 15.4 Å². The first kappa shape index (κ1) is 24.6. The molecule has 6 nitrogen and oxygen atoms in total. The number of hydrogen-bond acceptors (Lipinski definition) is 4. The lowest BCUT2D eigenvalue weighted by atomic mass is 10.2. The molecule has 11 heteroatoms. The van der Waals surface area contributed by atoms with Gasteiger partial charge in [-0.3, -0.25) is 4.79 Å². The van der Waals surface area contributed by atoms with Gasteiger partial charge in [-0.05, 0) is 32.5 Å². The maximum absolute atomic E-state index is 13.0. The van der Waals surface area contributed by atoms with Crippen molar-refractivity contribution in [2.75, 3.05) is 13.1 Å². The summed E-state index contributed by atoms with van der Waals surface area (Å²) in [6.07, 6.45) is -4.82. The highest BCUT2D eigenvalue weighted by molar-refractivity contribution is 7.89. The fraction of sp³-hybridized carbons (Fsp3) is 0.533. The third kappa shape index (κ3) is 7.10. The highest BCUT2D eigenvalue weighted by Crippen LogP contribution is 2.33. The van der Waals surface area contributed by atoms with E-state index >= 15 is 0 Å². The molecule has 0 aliphatic heterocycles. The monoisotopic (exact) mass is 417 g/mol. The van der Waals surface area contributed by atoms with Crippen molar-refractivity contribution < 1.29 is 26.4 Å². The van der Waals surface area contributed by atoms with Crippen LogP contribution in [0.4, 0.5) is 13.2 Å². The third-order valence-electron chi connectivity index (χ3n) is 3.34. The van der Waals surface area contributed by atoms with Crippen LogP contribution in [0.1, 0.15) is 26.3 Å². The molecule has 0 aliphatic carbocycles. The maximum Gasteiger partial charge on any atom is 0.417 e. The van der Waals surface area contributed by atoms with Gasteiger partial charge < -0.3 is 10.6 Å². The fourth-order valence-corrected chi connectivity index (χ4v) is 3.54. The van der Waals surface area contributed by atoms with Gasteiger partial charge >= 0.3 is 6.18 Å². The maximum atomic E-state index is 13.0. The smallest absolute Gasteiger partial charge is 0.353 e. The first-order chi connectivity index (χ1) is 11.5. The highest BCUT2D eigenvalue weighted by Gasteiger charge is 2.37. The normalized spacial score (nSPS) is 14.2. The van der Waals surface area contributed by atoms with Crippen molar-refractivity contribution in [1.82, 2.24) is 15.4 Å². The molecule has 2 atom stereocenters. The van der Waals surface area contributed by atoms with E-state index in [0.29, 0.717) is 12.6 Å². The lowest BCUT2D eigenvalue weighted by molar-refractivity contribution is -0.139. The number of likely N-dealkylation sites (N-methyl/N-ethyl adjacent to an activating group) is 1. The molecule has 3 N–H and O–H groups in total. The van der Waals surface area contributed by atoms with E-state index in [0.717, 1.165) is 12.1 Å². The Hall–Kier alpha value is -1.36. The molecule has 0 aliphatic rings. The Morgan fingerprint density at radius 1 is 1.19 bits per heavy atom. The molecule has 150 valence electrons. The molecule has 0 bridgehead atoms. The Morgan fingerprint density at radius 3 is 2.31 bits per heavy atom. The lowest BCUT2D eigenvalue weighted by Crippen LogP contribution is -2.48. The fourth-order valence-electron chi connectivity index (χ4n) is 2.11. The van der Waals surface area contributed by atoms with E-state index in [1.54, 1.807) is 0 Å². The van der Waals surface area contributed by atoms with E-state index in [4.69, 9.17) is 0 Å². The zero-order valence-corrected chi connectivity index (χ0v) is 16.2. The predicted octanol–water partition coefficient (Wildman–Crippen LogP) is 1.91. The van der Waals surface area contributed by atoms with Crippen LogP contribution in [0.3, 0.4) is 0 Å². The standard InChI is InChI=1S/C15H22F3N3O3S.ClH/c1-4-19-10(2)9-20-14(22)11(3)21-25(23,24)13-8-6-5-7-12(13)15(16,17)18;/h5-8,10-11,19,21H,4,9H2,1-3H3,(H,20,22);1H/t10-,11?;/m1./s1. The van der Waals surface area contributed by atoms with E-state index < -0.39 is 38.6 Å². The summed E-state index contributed by atoms with van der Waals surface area (Å²) in [6.45, 7) is 5.96. The molecular formula is C15H23ClF3N3O3S. The summed E-state index contributed by atoms with van der Waals surface area (Å²) in [6, 6.07) is 2.57. The van der Waals surface area contributed by atoms with Gasteiger partial charge in [0.1, 0.15) is 0 Å². The summed E-state index contributed by atoms with van der Waals surface area (Å²) >= 11 is 0. The topological polar surface area (TPSA) is 87.3 Å². The number of carbonyl (C=O) groups is 1. The number of hydrogen-bond donors (Lipinski definition) is 3. The van der Waals surface area contributed by atoms with Crippen LogP contribution in [-0.2, 0) is 21.0 Å². The third-order valence-corrected chi connectivity index (χ3v) is 4.94. The van der Waals surface area contributed by atoms with Crippen LogP contribution in [0.2, 0.25) is 0 Å². The van der Waals surface area contributed by atoms with Crippen molar-refractivity contribution in [3.05, 3.63) is 29.8 Å². The minimum atomic E-state index is -4.82. The summed E-state index contributed by atoms with van der Waals surface area (Å²) in [7, 11) is -4.51. The molecule has 1 unspecified atom stereocenters. The van der Waals surface area contributed by atoms with Crippen LogP contribution in [0.15, 0.2) is 29.2 Å². The number of nitrogens with one attached hydrogen (secondary N) is 3. The zero-order valence-electron chi connectivity index (χ0n) is 14.6. The van der Waals surface area contributed by atoms with Crippen LogP contribution in [-0.4, -0.2) is 39.5 Å². The van der Waals surface area contributed by atoms with E-state index in [1.165, 1.54) is 13.0 Å².